The number of nitrogens with one attached hydrogen (secondary N) is 2. The predicted molar refractivity (Wildman–Crippen MR) is 119 cm³/mol. The molecule has 4 fully saturated rings. The lowest BCUT2D eigenvalue weighted by Gasteiger charge is -2.18. The summed E-state index contributed by atoms with van der Waals surface area (Å²) in [7, 11) is 0. The summed E-state index contributed by atoms with van der Waals surface area (Å²) in [6.07, 6.45) is 15.4. The van der Waals surface area contributed by atoms with E-state index in [1.807, 2.05) is 12.4 Å². The molecule has 6 atom stereocenters. The number of hydrazone groups is 2. The lowest BCUT2D eigenvalue weighted by Crippen LogP contribution is -2.38. The van der Waals surface area contributed by atoms with Crippen LogP contribution < -0.4 is 10.9 Å². The van der Waals surface area contributed by atoms with Crippen LogP contribution in [0.1, 0.15) is 78.1 Å². The van der Waals surface area contributed by atoms with Crippen LogP contribution in [0, 0.1) is 47.3 Å². The van der Waals surface area contributed by atoms with Gasteiger partial charge in [0.1, 0.15) is 5.92 Å². The number of hydrogen-bond donors (Lipinski definition) is 2. The first-order valence-corrected chi connectivity index (χ1v) is 12.2. The van der Waals surface area contributed by atoms with Gasteiger partial charge < -0.3 is 0 Å². The summed E-state index contributed by atoms with van der Waals surface area (Å²) in [5.74, 6) is 3.18. The van der Waals surface area contributed by atoms with Crippen molar-refractivity contribution < 1.29 is 9.59 Å². The fourth-order valence-corrected chi connectivity index (χ4v) is 6.38. The summed E-state index contributed by atoms with van der Waals surface area (Å²) in [6, 6.07) is 0. The molecule has 0 aromatic heterocycles. The van der Waals surface area contributed by atoms with Gasteiger partial charge in [-0.05, 0) is 92.8 Å². The van der Waals surface area contributed by atoms with Gasteiger partial charge in [0.15, 0.2) is 0 Å². The lowest BCUT2D eigenvalue weighted by molar-refractivity contribution is -0.135. The highest BCUT2D eigenvalue weighted by atomic mass is 16.2. The molecule has 4 aliphatic rings. The highest BCUT2D eigenvalue weighted by molar-refractivity contribution is 6.00. The third kappa shape index (κ3) is 5.12. The summed E-state index contributed by atoms with van der Waals surface area (Å²) >= 11 is 0. The van der Waals surface area contributed by atoms with Gasteiger partial charge in [-0.1, -0.05) is 26.7 Å². The van der Waals surface area contributed by atoms with Crippen molar-refractivity contribution in [2.75, 3.05) is 0 Å². The third-order valence-electron chi connectivity index (χ3n) is 8.13. The number of nitrogens with zero attached hydrogens (tertiary/aromatic N) is 2. The predicted octanol–water partition coefficient (Wildman–Crippen LogP) is 4.12. The van der Waals surface area contributed by atoms with E-state index < -0.39 is 5.92 Å². The van der Waals surface area contributed by atoms with E-state index in [1.54, 1.807) is 0 Å². The van der Waals surface area contributed by atoms with Crippen molar-refractivity contribution in [3.8, 4) is 0 Å². The highest BCUT2D eigenvalue weighted by Crippen LogP contribution is 2.48. The summed E-state index contributed by atoms with van der Waals surface area (Å²) in [5, 5.41) is 8.46. The molecule has 2 amide bonds. The molecule has 0 aromatic rings. The summed E-state index contributed by atoms with van der Waals surface area (Å²) in [6.45, 7) is 4.21. The van der Waals surface area contributed by atoms with E-state index in [0.29, 0.717) is 24.2 Å². The SMILES string of the molecule is CC(C)CCC(C(=O)N/N=C\[C@@H]1C[C@H]2CC[C@H]1C2)C(=O)N/N=C\[C@@H]1C[C@H]2CC[C@H]1C2. The van der Waals surface area contributed by atoms with E-state index in [1.165, 1.54) is 51.4 Å². The minimum absolute atomic E-state index is 0.317. The van der Waals surface area contributed by atoms with E-state index in [-0.39, 0.29) is 11.8 Å². The zero-order valence-electron chi connectivity index (χ0n) is 18.6. The molecule has 4 bridgehead atoms. The smallest absolute Gasteiger partial charge is 0.252 e. The van der Waals surface area contributed by atoms with Gasteiger partial charge >= 0.3 is 0 Å². The molecule has 4 saturated carbocycles. The van der Waals surface area contributed by atoms with Crippen LogP contribution in [0.25, 0.3) is 0 Å². The van der Waals surface area contributed by atoms with Crippen molar-refractivity contribution in [3.05, 3.63) is 0 Å². The average molecular weight is 415 g/mol. The quantitative estimate of drug-likeness (QED) is 0.338. The van der Waals surface area contributed by atoms with Crippen molar-refractivity contribution in [2.24, 2.45) is 57.5 Å². The fraction of sp³-hybridized carbons (Fsp3) is 0.833. The van der Waals surface area contributed by atoms with Gasteiger partial charge in [-0.25, -0.2) is 10.9 Å². The van der Waals surface area contributed by atoms with E-state index in [9.17, 15) is 9.59 Å². The molecular formula is C24H38N4O2. The maximum Gasteiger partial charge on any atom is 0.252 e. The molecule has 2 N–H and O–H groups in total. The Hall–Kier alpha value is -1.72. The van der Waals surface area contributed by atoms with E-state index in [4.69, 9.17) is 0 Å². The van der Waals surface area contributed by atoms with Gasteiger partial charge in [0.25, 0.3) is 11.8 Å². The van der Waals surface area contributed by atoms with Crippen LogP contribution in [0.15, 0.2) is 10.2 Å². The molecule has 30 heavy (non-hydrogen) atoms. The van der Waals surface area contributed by atoms with Crippen LogP contribution in [0.2, 0.25) is 0 Å². The maximum absolute atomic E-state index is 12.7. The zero-order chi connectivity index (χ0) is 21.1. The third-order valence-corrected chi connectivity index (χ3v) is 8.13. The van der Waals surface area contributed by atoms with E-state index in [0.717, 1.165) is 30.1 Å². The average Bonchev–Trinajstić information content (AvgIpc) is 3.49. The largest absolute Gasteiger partial charge is 0.272 e. The van der Waals surface area contributed by atoms with Crippen molar-refractivity contribution in [1.82, 2.24) is 10.9 Å². The molecule has 0 heterocycles. The van der Waals surface area contributed by atoms with Crippen molar-refractivity contribution in [3.63, 3.8) is 0 Å². The van der Waals surface area contributed by atoms with Crippen LogP contribution in [-0.4, -0.2) is 24.2 Å². The summed E-state index contributed by atoms with van der Waals surface area (Å²) < 4.78 is 0. The van der Waals surface area contributed by atoms with E-state index in [2.05, 4.69) is 34.9 Å². The normalized spacial score (nSPS) is 34.8. The van der Waals surface area contributed by atoms with Gasteiger partial charge in [-0.3, -0.25) is 9.59 Å². The number of hydrogen-bond acceptors (Lipinski definition) is 4. The van der Waals surface area contributed by atoms with E-state index >= 15 is 0 Å². The van der Waals surface area contributed by atoms with Crippen LogP contribution >= 0.6 is 0 Å². The second-order valence-electron chi connectivity index (χ2n) is 10.7. The first-order valence-electron chi connectivity index (χ1n) is 12.2. The highest BCUT2D eigenvalue weighted by Gasteiger charge is 2.39. The molecule has 0 spiro atoms. The molecule has 166 valence electrons. The summed E-state index contributed by atoms with van der Waals surface area (Å²) in [5.41, 5.74) is 5.29. The fourth-order valence-electron chi connectivity index (χ4n) is 6.38. The summed E-state index contributed by atoms with van der Waals surface area (Å²) in [4.78, 5) is 25.4. The Labute approximate surface area is 180 Å². The van der Waals surface area contributed by atoms with Gasteiger partial charge in [-0.2, -0.15) is 10.2 Å². The standard InChI is InChI=1S/C24H38N4O2/c1-15(2)3-8-22(23(29)27-25-13-20-11-16-4-6-18(20)9-16)24(30)28-26-14-21-12-17-5-7-19(21)10-17/h13-22H,3-12H2,1-2H3,(H,27,29)(H,28,30)/b25-13-,26-14-/t16-,17-,18-,19-,20-,21-/m0/s1. The Balaban J connectivity index is 1.28. The minimum Gasteiger partial charge on any atom is -0.272 e. The topological polar surface area (TPSA) is 82.9 Å². The first-order chi connectivity index (χ1) is 14.5. The van der Waals surface area contributed by atoms with Crippen LogP contribution in [-0.2, 0) is 9.59 Å². The van der Waals surface area contributed by atoms with Crippen LogP contribution in [0.5, 0.6) is 0 Å². The zero-order valence-corrected chi connectivity index (χ0v) is 18.6. The van der Waals surface area contributed by atoms with Crippen LogP contribution in [0.3, 0.4) is 0 Å². The molecule has 6 nitrogen and oxygen atoms in total. The maximum atomic E-state index is 12.7. The molecule has 0 unspecified atom stereocenters. The molecule has 0 aliphatic heterocycles. The second kappa shape index (κ2) is 9.61. The molecule has 4 aliphatic carbocycles. The van der Waals surface area contributed by atoms with Gasteiger partial charge in [0, 0.05) is 12.4 Å². The van der Waals surface area contributed by atoms with Gasteiger partial charge in [0.05, 0.1) is 0 Å². The number of amides is 2. The molecule has 0 aromatic carbocycles. The van der Waals surface area contributed by atoms with Crippen molar-refractivity contribution in [2.45, 2.75) is 78.1 Å². The molecule has 0 radical (unpaired) electrons. The number of rotatable bonds is 9. The Morgan fingerprint density at radius 1 is 0.800 bits per heavy atom. The Morgan fingerprint density at radius 2 is 1.30 bits per heavy atom. The molecule has 0 saturated heterocycles. The number of carbonyl (C=O) groups is 2. The minimum atomic E-state index is -0.748. The van der Waals surface area contributed by atoms with Crippen molar-refractivity contribution in [1.29, 1.82) is 0 Å². The van der Waals surface area contributed by atoms with Crippen LogP contribution in [0.4, 0.5) is 0 Å². The Bertz CT molecular complexity index is 637. The monoisotopic (exact) mass is 414 g/mol. The first kappa shape index (κ1) is 21.5. The Kier molecular flexibility index (Phi) is 6.89. The molecule has 4 rings (SSSR count). The number of fused-ring (bicyclic) bond motifs is 4. The van der Waals surface area contributed by atoms with Gasteiger partial charge in [0.2, 0.25) is 0 Å². The second-order valence-corrected chi connectivity index (χ2v) is 10.7. The lowest BCUT2D eigenvalue weighted by atomic mass is 9.90. The number of carbonyl (C=O) groups excluding carboxylic acids is 2. The Morgan fingerprint density at radius 3 is 1.67 bits per heavy atom. The van der Waals surface area contributed by atoms with Gasteiger partial charge in [-0.15, -0.1) is 0 Å². The van der Waals surface area contributed by atoms with Crippen molar-refractivity contribution >= 4 is 24.2 Å². The molecule has 6 heteroatoms. The molecular weight excluding hydrogens is 376 g/mol.